The molecule has 0 heterocycles. The van der Waals surface area contributed by atoms with Crippen molar-refractivity contribution in [2.75, 3.05) is 20.3 Å². The summed E-state index contributed by atoms with van der Waals surface area (Å²) >= 11 is 12.1. The van der Waals surface area contributed by atoms with Crippen LogP contribution in [0.4, 0.5) is 5.69 Å². The van der Waals surface area contributed by atoms with Crippen molar-refractivity contribution in [2.24, 2.45) is 0 Å². The molecule has 0 bridgehead atoms. The lowest BCUT2D eigenvalue weighted by Gasteiger charge is -2.40. The van der Waals surface area contributed by atoms with Gasteiger partial charge in [0.25, 0.3) is 5.69 Å². The summed E-state index contributed by atoms with van der Waals surface area (Å²) in [6, 6.07) is 4.08. The van der Waals surface area contributed by atoms with Crippen LogP contribution in [0.3, 0.4) is 0 Å². The molecule has 0 N–H and O–H groups in total. The Morgan fingerprint density at radius 2 is 2.19 bits per heavy atom. The fourth-order valence-electron chi connectivity index (χ4n) is 1.98. The van der Waals surface area contributed by atoms with Gasteiger partial charge >= 0.3 is 0 Å². The van der Waals surface area contributed by atoms with Gasteiger partial charge in [0.05, 0.1) is 28.5 Å². The van der Waals surface area contributed by atoms with Crippen LogP contribution >= 0.6 is 23.2 Å². The number of nitro benzene ring substituents is 1. The second-order valence-corrected chi connectivity index (χ2v) is 5.58. The van der Waals surface area contributed by atoms with Gasteiger partial charge in [0.1, 0.15) is 18.0 Å². The average Bonchev–Trinajstić information content (AvgIpc) is 2.44. The van der Waals surface area contributed by atoms with E-state index in [9.17, 15) is 10.1 Å². The minimum atomic E-state index is -0.509. The maximum absolute atomic E-state index is 10.7. The number of benzene rings is 1. The van der Waals surface area contributed by atoms with Crippen LogP contribution in [0.15, 0.2) is 18.2 Å². The topological polar surface area (TPSA) is 70.8 Å². The van der Waals surface area contributed by atoms with E-state index in [2.05, 4.69) is 0 Å². The third-order valence-corrected chi connectivity index (χ3v) is 3.90. The van der Waals surface area contributed by atoms with E-state index in [0.29, 0.717) is 25.4 Å². The number of methoxy groups -OCH3 is 1. The molecule has 1 fully saturated rings. The summed E-state index contributed by atoms with van der Waals surface area (Å²) in [4.78, 5) is 10.1. The van der Waals surface area contributed by atoms with Crippen molar-refractivity contribution in [1.82, 2.24) is 0 Å². The Hall–Kier alpha value is -1.08. The van der Waals surface area contributed by atoms with Gasteiger partial charge in [-0.3, -0.25) is 10.1 Å². The zero-order valence-electron chi connectivity index (χ0n) is 11.3. The molecule has 8 heteroatoms. The van der Waals surface area contributed by atoms with Crippen LogP contribution < -0.4 is 4.74 Å². The maximum atomic E-state index is 10.7. The highest BCUT2D eigenvalue weighted by atomic mass is 35.5. The van der Waals surface area contributed by atoms with Crippen molar-refractivity contribution in [2.45, 2.75) is 24.0 Å². The third kappa shape index (κ3) is 3.97. The van der Waals surface area contributed by atoms with Crippen LogP contribution in [0.1, 0.15) is 6.42 Å². The van der Waals surface area contributed by atoms with E-state index in [1.807, 2.05) is 0 Å². The van der Waals surface area contributed by atoms with E-state index in [0.717, 1.165) is 0 Å². The van der Waals surface area contributed by atoms with Crippen molar-refractivity contribution in [3.05, 3.63) is 33.3 Å². The Bertz CT molecular complexity index is 513. The van der Waals surface area contributed by atoms with Gasteiger partial charge in [0.2, 0.25) is 0 Å². The summed E-state index contributed by atoms with van der Waals surface area (Å²) < 4.78 is 16.2. The smallest absolute Gasteiger partial charge is 0.271 e. The highest BCUT2D eigenvalue weighted by Gasteiger charge is 2.43. The first-order valence-electron chi connectivity index (χ1n) is 6.38. The summed E-state index contributed by atoms with van der Waals surface area (Å²) in [6.45, 7) is 0.906. The molecule has 2 rings (SSSR count). The monoisotopic (exact) mass is 335 g/mol. The highest BCUT2D eigenvalue weighted by Crippen LogP contribution is 2.36. The SMILES string of the molecule is COCCOC1C(Cl)CC1Oc1ccc([N+](=O)[O-])cc1Cl. The number of rotatable bonds is 7. The number of hydrogen-bond donors (Lipinski definition) is 0. The second kappa shape index (κ2) is 7.26. The minimum absolute atomic E-state index is 0.0796. The second-order valence-electron chi connectivity index (χ2n) is 4.61. The molecule has 116 valence electrons. The largest absolute Gasteiger partial charge is 0.486 e. The first-order valence-corrected chi connectivity index (χ1v) is 7.19. The van der Waals surface area contributed by atoms with Crippen LogP contribution in [-0.4, -0.2) is 42.8 Å². The Kier molecular flexibility index (Phi) is 5.64. The summed E-state index contributed by atoms with van der Waals surface area (Å²) in [7, 11) is 1.59. The summed E-state index contributed by atoms with van der Waals surface area (Å²) in [5.41, 5.74) is -0.0796. The number of hydrogen-bond acceptors (Lipinski definition) is 5. The lowest BCUT2D eigenvalue weighted by atomic mass is 9.91. The van der Waals surface area contributed by atoms with Gasteiger partial charge in [-0.05, 0) is 6.07 Å². The van der Waals surface area contributed by atoms with Crippen LogP contribution in [0, 0.1) is 10.1 Å². The molecule has 0 radical (unpaired) electrons. The quantitative estimate of drug-likeness (QED) is 0.331. The van der Waals surface area contributed by atoms with Crippen LogP contribution in [0.2, 0.25) is 5.02 Å². The average molecular weight is 336 g/mol. The number of alkyl halides is 1. The molecule has 1 aliphatic rings. The number of non-ortho nitro benzene ring substituents is 1. The Morgan fingerprint density at radius 3 is 2.76 bits per heavy atom. The van der Waals surface area contributed by atoms with Gasteiger partial charge in [0.15, 0.2) is 0 Å². The molecule has 1 aromatic rings. The Labute approximate surface area is 132 Å². The fraction of sp³-hybridized carbons (Fsp3) is 0.538. The molecule has 6 nitrogen and oxygen atoms in total. The van der Waals surface area contributed by atoms with Crippen LogP contribution in [0.25, 0.3) is 0 Å². The van der Waals surface area contributed by atoms with E-state index in [1.165, 1.54) is 18.2 Å². The van der Waals surface area contributed by atoms with Crippen LogP contribution in [-0.2, 0) is 9.47 Å². The van der Waals surface area contributed by atoms with Crippen molar-refractivity contribution in [3.63, 3.8) is 0 Å². The third-order valence-electron chi connectivity index (χ3n) is 3.18. The fourth-order valence-corrected chi connectivity index (χ4v) is 2.61. The van der Waals surface area contributed by atoms with Crippen molar-refractivity contribution in [3.8, 4) is 5.75 Å². The molecule has 3 atom stereocenters. The molecular formula is C13H15Cl2NO5. The van der Waals surface area contributed by atoms with E-state index in [4.69, 9.17) is 37.4 Å². The molecule has 21 heavy (non-hydrogen) atoms. The molecule has 0 spiro atoms. The molecule has 0 saturated heterocycles. The van der Waals surface area contributed by atoms with E-state index < -0.39 is 4.92 Å². The van der Waals surface area contributed by atoms with E-state index in [-0.39, 0.29) is 28.3 Å². The predicted molar refractivity (Wildman–Crippen MR) is 78.4 cm³/mol. The molecular weight excluding hydrogens is 321 g/mol. The lowest BCUT2D eigenvalue weighted by Crippen LogP contribution is -2.53. The van der Waals surface area contributed by atoms with Crippen molar-refractivity contribution < 1.29 is 19.1 Å². The highest BCUT2D eigenvalue weighted by molar-refractivity contribution is 6.32. The molecule has 3 unspecified atom stereocenters. The molecule has 1 saturated carbocycles. The molecule has 0 amide bonds. The number of nitro groups is 1. The number of ether oxygens (including phenoxy) is 3. The first kappa shape index (κ1) is 16.3. The van der Waals surface area contributed by atoms with E-state index >= 15 is 0 Å². The zero-order chi connectivity index (χ0) is 15.4. The number of nitrogens with zero attached hydrogens (tertiary/aromatic N) is 1. The first-order chi connectivity index (χ1) is 10.0. The Morgan fingerprint density at radius 1 is 1.43 bits per heavy atom. The van der Waals surface area contributed by atoms with Gasteiger partial charge in [-0.1, -0.05) is 11.6 Å². The molecule has 0 aromatic heterocycles. The number of halogens is 2. The van der Waals surface area contributed by atoms with Crippen molar-refractivity contribution in [1.29, 1.82) is 0 Å². The maximum Gasteiger partial charge on any atom is 0.271 e. The van der Waals surface area contributed by atoms with E-state index in [1.54, 1.807) is 7.11 Å². The zero-order valence-corrected chi connectivity index (χ0v) is 12.8. The van der Waals surface area contributed by atoms with Crippen LogP contribution in [0.5, 0.6) is 5.75 Å². The van der Waals surface area contributed by atoms with Gasteiger partial charge < -0.3 is 14.2 Å². The summed E-state index contributed by atoms with van der Waals surface area (Å²) in [5, 5.41) is 10.7. The van der Waals surface area contributed by atoms with Gasteiger partial charge in [-0.2, -0.15) is 0 Å². The predicted octanol–water partition coefficient (Wildman–Crippen LogP) is 3.04. The van der Waals surface area contributed by atoms with Gasteiger partial charge in [-0.15, -0.1) is 11.6 Å². The minimum Gasteiger partial charge on any atom is -0.486 e. The van der Waals surface area contributed by atoms with Gasteiger partial charge in [-0.25, -0.2) is 0 Å². The molecule has 1 aliphatic carbocycles. The molecule has 0 aliphatic heterocycles. The summed E-state index contributed by atoms with van der Waals surface area (Å²) in [6.07, 6.45) is 0.170. The van der Waals surface area contributed by atoms with Crippen molar-refractivity contribution >= 4 is 28.9 Å². The molecule has 1 aromatic carbocycles. The normalized spacial score (nSPS) is 24.4. The lowest BCUT2D eigenvalue weighted by molar-refractivity contribution is -0.384. The standard InChI is InChI=1S/C13H15Cl2NO5/c1-19-4-5-20-13-10(15)7-12(13)21-11-3-2-8(16(17)18)6-9(11)14/h2-3,6,10,12-13H,4-5,7H2,1H3. The Balaban J connectivity index is 1.96. The van der Waals surface area contributed by atoms with Gasteiger partial charge in [0, 0.05) is 25.7 Å². The summed E-state index contributed by atoms with van der Waals surface area (Å²) in [5.74, 6) is 0.385.